The van der Waals surface area contributed by atoms with E-state index in [1.165, 1.54) is 5.56 Å². The van der Waals surface area contributed by atoms with Crippen molar-refractivity contribution in [1.82, 2.24) is 10.2 Å². The van der Waals surface area contributed by atoms with Crippen molar-refractivity contribution in [2.45, 2.75) is 26.4 Å². The number of benzene rings is 1. The molecule has 1 rings (SSSR count). The molecule has 4 heteroatoms. The van der Waals surface area contributed by atoms with E-state index < -0.39 is 0 Å². The minimum absolute atomic E-state index is 0.490. The van der Waals surface area contributed by atoms with E-state index in [4.69, 9.17) is 9.47 Å². The van der Waals surface area contributed by atoms with Crippen molar-refractivity contribution < 1.29 is 9.47 Å². The molecule has 0 bridgehead atoms. The lowest BCUT2D eigenvalue weighted by Gasteiger charge is -2.12. The molecular weight excluding hydrogens is 252 g/mol. The summed E-state index contributed by atoms with van der Waals surface area (Å²) in [5.41, 5.74) is 1.24. The second-order valence-corrected chi connectivity index (χ2v) is 5.45. The van der Waals surface area contributed by atoms with Crippen LogP contribution in [-0.2, 0) is 11.3 Å². The van der Waals surface area contributed by atoms with Gasteiger partial charge >= 0.3 is 0 Å². The average Bonchev–Trinajstić information content (AvgIpc) is 2.40. The molecule has 0 fully saturated rings. The Hall–Kier alpha value is -1.10. The third-order valence-corrected chi connectivity index (χ3v) is 2.79. The van der Waals surface area contributed by atoms with Gasteiger partial charge in [-0.3, -0.25) is 0 Å². The number of rotatable bonds is 10. The van der Waals surface area contributed by atoms with E-state index in [-0.39, 0.29) is 0 Å². The minimum atomic E-state index is 0.490. The molecule has 0 aliphatic carbocycles. The lowest BCUT2D eigenvalue weighted by Crippen LogP contribution is -2.21. The fourth-order valence-electron chi connectivity index (χ4n) is 1.63. The predicted octanol–water partition coefficient (Wildman–Crippen LogP) is 2.14. The second-order valence-electron chi connectivity index (χ2n) is 5.45. The van der Waals surface area contributed by atoms with Crippen molar-refractivity contribution in [3.63, 3.8) is 0 Å². The van der Waals surface area contributed by atoms with Crippen LogP contribution < -0.4 is 10.1 Å². The van der Waals surface area contributed by atoms with Gasteiger partial charge in [-0.25, -0.2) is 0 Å². The zero-order chi connectivity index (χ0) is 14.8. The first-order chi connectivity index (χ1) is 9.58. The number of nitrogens with zero attached hydrogens (tertiary/aromatic N) is 1. The third kappa shape index (κ3) is 8.15. The van der Waals surface area contributed by atoms with Crippen molar-refractivity contribution in [3.8, 4) is 5.75 Å². The molecule has 0 amide bonds. The first-order valence-electron chi connectivity index (χ1n) is 7.25. The summed E-state index contributed by atoms with van der Waals surface area (Å²) in [4.78, 5) is 2.10. The Morgan fingerprint density at radius 1 is 1.15 bits per heavy atom. The van der Waals surface area contributed by atoms with Crippen LogP contribution in [0.4, 0.5) is 0 Å². The van der Waals surface area contributed by atoms with Crippen molar-refractivity contribution in [2.75, 3.05) is 40.5 Å². The highest BCUT2D eigenvalue weighted by atomic mass is 16.5. The number of likely N-dealkylation sites (N-methyl/N-ethyl adjacent to an activating group) is 1. The normalized spacial score (nSPS) is 11.3. The Kier molecular flexibility index (Phi) is 8.26. The zero-order valence-electron chi connectivity index (χ0n) is 13.2. The number of ether oxygens (including phenoxy) is 2. The van der Waals surface area contributed by atoms with Crippen molar-refractivity contribution in [2.24, 2.45) is 0 Å². The van der Waals surface area contributed by atoms with Crippen molar-refractivity contribution >= 4 is 0 Å². The summed E-state index contributed by atoms with van der Waals surface area (Å²) in [5, 5.41) is 3.40. The van der Waals surface area contributed by atoms with Crippen LogP contribution >= 0.6 is 0 Å². The minimum Gasteiger partial charge on any atom is -0.491 e. The molecule has 0 aromatic heterocycles. The van der Waals surface area contributed by atoms with Gasteiger partial charge in [0.2, 0.25) is 0 Å². The molecule has 1 aromatic carbocycles. The van der Waals surface area contributed by atoms with Crippen LogP contribution in [0.5, 0.6) is 5.75 Å². The molecule has 0 spiro atoms. The molecular formula is C16H28N2O2. The van der Waals surface area contributed by atoms with Crippen LogP contribution in [0.1, 0.15) is 19.4 Å². The van der Waals surface area contributed by atoms with Gasteiger partial charge in [0.05, 0.1) is 13.2 Å². The van der Waals surface area contributed by atoms with Gasteiger partial charge in [0, 0.05) is 19.1 Å². The van der Waals surface area contributed by atoms with Gasteiger partial charge in [-0.15, -0.1) is 0 Å². The number of hydrogen-bond donors (Lipinski definition) is 1. The molecule has 0 aliphatic heterocycles. The lowest BCUT2D eigenvalue weighted by atomic mass is 10.2. The van der Waals surface area contributed by atoms with E-state index in [0.29, 0.717) is 19.3 Å². The fraction of sp³-hybridized carbons (Fsp3) is 0.625. The monoisotopic (exact) mass is 280 g/mol. The van der Waals surface area contributed by atoms with Crippen LogP contribution in [-0.4, -0.2) is 51.4 Å². The molecule has 114 valence electrons. The quantitative estimate of drug-likeness (QED) is 0.666. The maximum Gasteiger partial charge on any atom is 0.119 e. The van der Waals surface area contributed by atoms with Gasteiger partial charge in [0.15, 0.2) is 0 Å². The van der Waals surface area contributed by atoms with E-state index >= 15 is 0 Å². The van der Waals surface area contributed by atoms with Crippen LogP contribution in [0.25, 0.3) is 0 Å². The zero-order valence-corrected chi connectivity index (χ0v) is 13.2. The molecule has 20 heavy (non-hydrogen) atoms. The Bertz CT molecular complexity index is 367. The van der Waals surface area contributed by atoms with E-state index in [0.717, 1.165) is 25.4 Å². The molecule has 0 heterocycles. The summed E-state index contributed by atoms with van der Waals surface area (Å²) in [6, 6.07) is 8.69. The topological polar surface area (TPSA) is 33.7 Å². The highest BCUT2D eigenvalue weighted by Gasteiger charge is 1.99. The summed E-state index contributed by atoms with van der Waals surface area (Å²) in [7, 11) is 4.08. The number of hydrogen-bond acceptors (Lipinski definition) is 4. The molecule has 0 aliphatic rings. The van der Waals surface area contributed by atoms with Gasteiger partial charge in [0.1, 0.15) is 12.4 Å². The maximum absolute atomic E-state index is 5.69. The largest absolute Gasteiger partial charge is 0.491 e. The highest BCUT2D eigenvalue weighted by Crippen LogP contribution is 2.13. The van der Waals surface area contributed by atoms with Crippen LogP contribution in [0.3, 0.4) is 0 Å². The highest BCUT2D eigenvalue weighted by molar-refractivity contribution is 5.28. The predicted molar refractivity (Wildman–Crippen MR) is 83.3 cm³/mol. The Morgan fingerprint density at radius 3 is 2.65 bits per heavy atom. The molecule has 1 N–H and O–H groups in total. The smallest absolute Gasteiger partial charge is 0.119 e. The van der Waals surface area contributed by atoms with Gasteiger partial charge in [-0.2, -0.15) is 0 Å². The SMILES string of the molecule is CC(C)NCc1cccc(OCCOCCN(C)C)c1. The third-order valence-electron chi connectivity index (χ3n) is 2.79. The second kappa shape index (κ2) is 9.75. The Balaban J connectivity index is 2.21. The molecule has 0 radical (unpaired) electrons. The van der Waals surface area contributed by atoms with Crippen molar-refractivity contribution in [3.05, 3.63) is 29.8 Å². The first kappa shape index (κ1) is 17.0. The fourth-order valence-corrected chi connectivity index (χ4v) is 1.63. The van der Waals surface area contributed by atoms with Crippen molar-refractivity contribution in [1.29, 1.82) is 0 Å². The summed E-state index contributed by atoms with van der Waals surface area (Å²) in [6.45, 7) is 8.06. The van der Waals surface area contributed by atoms with E-state index in [9.17, 15) is 0 Å². The van der Waals surface area contributed by atoms with Crippen LogP contribution in [0.15, 0.2) is 24.3 Å². The van der Waals surface area contributed by atoms with Gasteiger partial charge < -0.3 is 19.7 Å². The summed E-state index contributed by atoms with van der Waals surface area (Å²) in [5.74, 6) is 0.907. The lowest BCUT2D eigenvalue weighted by molar-refractivity contribution is 0.0889. The molecule has 0 atom stereocenters. The molecule has 1 aromatic rings. The van der Waals surface area contributed by atoms with Gasteiger partial charge in [-0.05, 0) is 31.8 Å². The molecule has 4 nitrogen and oxygen atoms in total. The molecule has 0 saturated heterocycles. The molecule has 0 unspecified atom stereocenters. The number of nitrogens with one attached hydrogen (secondary N) is 1. The van der Waals surface area contributed by atoms with E-state index in [2.05, 4.69) is 36.2 Å². The Labute approximate surface area is 123 Å². The van der Waals surface area contributed by atoms with Gasteiger partial charge in [0.25, 0.3) is 0 Å². The summed E-state index contributed by atoms with van der Waals surface area (Å²) >= 11 is 0. The first-order valence-corrected chi connectivity index (χ1v) is 7.25. The standard InChI is InChI=1S/C16H28N2O2/c1-14(2)17-13-15-6-5-7-16(12-15)20-11-10-19-9-8-18(3)4/h5-7,12,14,17H,8-11,13H2,1-4H3. The van der Waals surface area contributed by atoms with E-state index in [1.54, 1.807) is 0 Å². The summed E-state index contributed by atoms with van der Waals surface area (Å²) < 4.78 is 11.2. The van der Waals surface area contributed by atoms with Gasteiger partial charge in [-0.1, -0.05) is 26.0 Å². The molecule has 0 saturated carbocycles. The maximum atomic E-state index is 5.69. The van der Waals surface area contributed by atoms with Crippen LogP contribution in [0, 0.1) is 0 Å². The summed E-state index contributed by atoms with van der Waals surface area (Å²) in [6.07, 6.45) is 0. The van der Waals surface area contributed by atoms with Crippen LogP contribution in [0.2, 0.25) is 0 Å². The Morgan fingerprint density at radius 2 is 1.95 bits per heavy atom. The van der Waals surface area contributed by atoms with E-state index in [1.807, 2.05) is 26.2 Å². The average molecular weight is 280 g/mol.